The Kier molecular flexibility index (Phi) is 4.35. The fourth-order valence-corrected chi connectivity index (χ4v) is 3.87. The van der Waals surface area contributed by atoms with Crippen molar-refractivity contribution in [2.45, 2.75) is 42.8 Å². The SMILES string of the molecule is O=c1[nH]c(CS[C@H]2CC[C@H](O)CC2)nc2cc(O)cc(F)c12. The van der Waals surface area contributed by atoms with Crippen molar-refractivity contribution in [2.24, 2.45) is 0 Å². The lowest BCUT2D eigenvalue weighted by atomic mass is 9.97. The molecule has 3 N–H and O–H groups in total. The number of aromatic hydroxyl groups is 1. The van der Waals surface area contributed by atoms with Crippen molar-refractivity contribution in [1.29, 1.82) is 0 Å². The van der Waals surface area contributed by atoms with Crippen molar-refractivity contribution in [3.05, 3.63) is 34.1 Å². The van der Waals surface area contributed by atoms with Crippen LogP contribution in [-0.2, 0) is 5.75 Å². The summed E-state index contributed by atoms with van der Waals surface area (Å²) >= 11 is 1.68. The molecule has 22 heavy (non-hydrogen) atoms. The molecule has 0 amide bonds. The van der Waals surface area contributed by atoms with Gasteiger partial charge in [0.25, 0.3) is 5.56 Å². The van der Waals surface area contributed by atoms with Gasteiger partial charge in [-0.3, -0.25) is 4.79 Å². The van der Waals surface area contributed by atoms with Crippen molar-refractivity contribution in [3.8, 4) is 5.75 Å². The van der Waals surface area contributed by atoms with Gasteiger partial charge in [0.2, 0.25) is 0 Å². The molecular formula is C15H17FN2O3S. The fourth-order valence-electron chi connectivity index (χ4n) is 2.74. The zero-order valence-electron chi connectivity index (χ0n) is 11.9. The molecule has 3 rings (SSSR count). The zero-order chi connectivity index (χ0) is 15.7. The van der Waals surface area contributed by atoms with Gasteiger partial charge in [-0.2, -0.15) is 11.8 Å². The Balaban J connectivity index is 1.78. The van der Waals surface area contributed by atoms with Gasteiger partial charge in [-0.25, -0.2) is 9.37 Å². The summed E-state index contributed by atoms with van der Waals surface area (Å²) in [6.07, 6.45) is 3.30. The monoisotopic (exact) mass is 324 g/mol. The molecule has 1 aromatic carbocycles. The normalized spacial score (nSPS) is 22.1. The van der Waals surface area contributed by atoms with Crippen LogP contribution in [0.25, 0.3) is 10.9 Å². The highest BCUT2D eigenvalue weighted by atomic mass is 32.2. The molecule has 118 valence electrons. The fraction of sp³-hybridized carbons (Fsp3) is 0.467. The van der Waals surface area contributed by atoms with E-state index < -0.39 is 11.4 Å². The van der Waals surface area contributed by atoms with Gasteiger partial charge in [0.15, 0.2) is 0 Å². The summed E-state index contributed by atoms with van der Waals surface area (Å²) in [5.41, 5.74) is -0.368. The van der Waals surface area contributed by atoms with Crippen molar-refractivity contribution < 1.29 is 14.6 Å². The summed E-state index contributed by atoms with van der Waals surface area (Å²) < 4.78 is 13.7. The van der Waals surface area contributed by atoms with Crippen molar-refractivity contribution >= 4 is 22.7 Å². The van der Waals surface area contributed by atoms with E-state index in [1.165, 1.54) is 6.07 Å². The number of aromatic amines is 1. The van der Waals surface area contributed by atoms with Crippen LogP contribution in [0.4, 0.5) is 4.39 Å². The third kappa shape index (κ3) is 3.25. The standard InChI is InChI=1S/C15H17FN2O3S/c16-11-5-9(20)6-12-14(11)15(21)18-13(17-12)7-22-10-3-1-8(19)2-4-10/h5-6,8,10,19-20H,1-4,7H2,(H,17,18,21)/t8-,10-. The molecule has 1 aliphatic carbocycles. The molecule has 0 bridgehead atoms. The zero-order valence-corrected chi connectivity index (χ0v) is 12.7. The number of nitrogens with zero attached hydrogens (tertiary/aromatic N) is 1. The number of aliphatic hydroxyl groups excluding tert-OH is 1. The number of hydrogen-bond donors (Lipinski definition) is 3. The van der Waals surface area contributed by atoms with Crippen LogP contribution >= 0.6 is 11.8 Å². The van der Waals surface area contributed by atoms with E-state index in [0.717, 1.165) is 31.7 Å². The van der Waals surface area contributed by atoms with E-state index in [2.05, 4.69) is 9.97 Å². The number of phenolic OH excluding ortho intramolecular Hbond substituents is 1. The van der Waals surface area contributed by atoms with E-state index in [0.29, 0.717) is 16.8 Å². The molecule has 2 aromatic rings. The molecule has 1 saturated carbocycles. The molecule has 0 spiro atoms. The molecule has 0 atom stereocenters. The smallest absolute Gasteiger partial charge is 0.261 e. The maximum atomic E-state index is 13.7. The number of fused-ring (bicyclic) bond motifs is 1. The van der Waals surface area contributed by atoms with Crippen LogP contribution < -0.4 is 5.56 Å². The first-order chi connectivity index (χ1) is 10.5. The quantitative estimate of drug-likeness (QED) is 0.806. The first-order valence-electron chi connectivity index (χ1n) is 7.24. The first kappa shape index (κ1) is 15.3. The van der Waals surface area contributed by atoms with Crippen molar-refractivity contribution in [2.75, 3.05) is 0 Å². The van der Waals surface area contributed by atoms with E-state index in [1.54, 1.807) is 11.8 Å². The maximum absolute atomic E-state index is 13.7. The number of thioether (sulfide) groups is 1. The highest BCUT2D eigenvalue weighted by Gasteiger charge is 2.20. The van der Waals surface area contributed by atoms with Gasteiger partial charge in [-0.15, -0.1) is 0 Å². The second-order valence-corrected chi connectivity index (χ2v) is 6.86. The lowest BCUT2D eigenvalue weighted by molar-refractivity contribution is 0.132. The van der Waals surface area contributed by atoms with E-state index in [4.69, 9.17) is 0 Å². The Hall–Kier alpha value is -1.60. The lowest BCUT2D eigenvalue weighted by Crippen LogP contribution is -2.20. The molecule has 5 nitrogen and oxygen atoms in total. The van der Waals surface area contributed by atoms with Crippen LogP contribution in [0.3, 0.4) is 0 Å². The van der Waals surface area contributed by atoms with E-state index in [-0.39, 0.29) is 22.8 Å². The topological polar surface area (TPSA) is 86.2 Å². The summed E-state index contributed by atoms with van der Waals surface area (Å²) in [6, 6.07) is 2.19. The Labute approximate surface area is 130 Å². The summed E-state index contributed by atoms with van der Waals surface area (Å²) in [7, 11) is 0. The van der Waals surface area contributed by atoms with E-state index in [1.807, 2.05) is 0 Å². The largest absolute Gasteiger partial charge is 0.508 e. The Bertz CT molecular complexity index is 741. The average molecular weight is 324 g/mol. The van der Waals surface area contributed by atoms with Gasteiger partial charge in [0.1, 0.15) is 22.8 Å². The summed E-state index contributed by atoms with van der Waals surface area (Å²) in [5.74, 6) is -0.0331. The van der Waals surface area contributed by atoms with Gasteiger partial charge in [-0.05, 0) is 25.7 Å². The first-order valence-corrected chi connectivity index (χ1v) is 8.29. The second kappa shape index (κ2) is 6.26. The molecule has 1 aliphatic rings. The predicted octanol–water partition coefficient (Wildman–Crippen LogP) is 2.30. The van der Waals surface area contributed by atoms with Crippen molar-refractivity contribution in [3.63, 3.8) is 0 Å². The van der Waals surface area contributed by atoms with Crippen molar-refractivity contribution in [1.82, 2.24) is 9.97 Å². The molecule has 7 heteroatoms. The molecule has 0 aliphatic heterocycles. The highest BCUT2D eigenvalue weighted by Crippen LogP contribution is 2.30. The van der Waals surface area contributed by atoms with Gasteiger partial charge in [-0.1, -0.05) is 0 Å². The molecule has 0 radical (unpaired) electrons. The Morgan fingerprint density at radius 2 is 2.05 bits per heavy atom. The predicted molar refractivity (Wildman–Crippen MR) is 83.5 cm³/mol. The minimum absolute atomic E-state index is 0.132. The van der Waals surface area contributed by atoms with Gasteiger partial charge >= 0.3 is 0 Å². The number of aromatic nitrogens is 2. The number of rotatable bonds is 3. The molecular weight excluding hydrogens is 307 g/mol. The number of aliphatic hydroxyl groups is 1. The van der Waals surface area contributed by atoms with Crippen LogP contribution in [0.1, 0.15) is 31.5 Å². The number of halogens is 1. The minimum atomic E-state index is -0.774. The number of H-pyrrole nitrogens is 1. The molecule has 0 unspecified atom stereocenters. The maximum Gasteiger partial charge on any atom is 0.261 e. The Morgan fingerprint density at radius 3 is 2.77 bits per heavy atom. The molecule has 0 saturated heterocycles. The van der Waals surface area contributed by atoms with Gasteiger partial charge in [0, 0.05) is 17.4 Å². The molecule has 1 fully saturated rings. The number of benzene rings is 1. The molecule has 1 heterocycles. The van der Waals surface area contributed by atoms with Crippen LogP contribution in [-0.4, -0.2) is 31.5 Å². The summed E-state index contributed by atoms with van der Waals surface area (Å²) in [6.45, 7) is 0. The van der Waals surface area contributed by atoms with Gasteiger partial charge < -0.3 is 15.2 Å². The minimum Gasteiger partial charge on any atom is -0.508 e. The van der Waals surface area contributed by atoms with E-state index in [9.17, 15) is 19.4 Å². The average Bonchev–Trinajstić information content (AvgIpc) is 2.45. The van der Waals surface area contributed by atoms with Crippen LogP contribution in [0.2, 0.25) is 0 Å². The van der Waals surface area contributed by atoms with E-state index >= 15 is 0 Å². The third-order valence-electron chi connectivity index (χ3n) is 3.89. The number of hydrogen-bond acceptors (Lipinski definition) is 5. The third-order valence-corrected chi connectivity index (χ3v) is 5.28. The Morgan fingerprint density at radius 1 is 1.32 bits per heavy atom. The highest BCUT2D eigenvalue weighted by molar-refractivity contribution is 7.99. The molecule has 1 aromatic heterocycles. The van der Waals surface area contributed by atoms with Crippen LogP contribution in [0, 0.1) is 5.82 Å². The van der Waals surface area contributed by atoms with Crippen LogP contribution in [0.15, 0.2) is 16.9 Å². The summed E-state index contributed by atoms with van der Waals surface area (Å²) in [5, 5.41) is 19.2. The lowest BCUT2D eigenvalue weighted by Gasteiger charge is -2.24. The number of nitrogens with one attached hydrogen (secondary N) is 1. The second-order valence-electron chi connectivity index (χ2n) is 5.58. The summed E-state index contributed by atoms with van der Waals surface area (Å²) in [4.78, 5) is 18.8. The van der Waals surface area contributed by atoms with Gasteiger partial charge in [0.05, 0.1) is 17.4 Å². The number of phenols is 1. The van der Waals surface area contributed by atoms with Crippen LogP contribution in [0.5, 0.6) is 5.75 Å².